The van der Waals surface area contributed by atoms with Crippen LogP contribution in [0.5, 0.6) is 10.1 Å². The minimum absolute atomic E-state index is 0.584. The highest BCUT2D eigenvalue weighted by Crippen LogP contribution is 2.64. The van der Waals surface area contributed by atoms with Crippen LogP contribution < -0.4 is 9.47 Å². The number of hydrogen-bond acceptors (Lipinski definition) is 4. The van der Waals surface area contributed by atoms with E-state index in [4.69, 9.17) is 9.47 Å². The lowest BCUT2D eigenvalue weighted by Gasteiger charge is -2.14. The summed E-state index contributed by atoms with van der Waals surface area (Å²) in [5.41, 5.74) is 3.19. The van der Waals surface area contributed by atoms with Gasteiger partial charge in [0.25, 0.3) is 0 Å². The molecule has 0 amide bonds. The van der Waals surface area contributed by atoms with E-state index in [1.165, 1.54) is 40.7 Å². The first kappa shape index (κ1) is 19.0. The Hall–Kier alpha value is -2.00. The summed E-state index contributed by atoms with van der Waals surface area (Å²) >= 11 is 3.56. The van der Waals surface area contributed by atoms with Crippen molar-refractivity contribution in [3.63, 3.8) is 0 Å². The fourth-order valence-corrected chi connectivity index (χ4v) is 9.52. The largest absolute Gasteiger partial charge is 0.487 e. The lowest BCUT2D eigenvalue weighted by atomic mass is 9.91. The standard InChI is InChI=1S/C24H23O2PS2/c1-25-21-14-12-19(28-21)23-17-10-6-7-11-18(17)24(20-13-15-22(26-2)29-20)27(23)16-8-4-3-5-9-16/h3-5,8-9,12-15H,6-7,10-11H2,1-2H3. The van der Waals surface area contributed by atoms with E-state index in [2.05, 4.69) is 54.6 Å². The SMILES string of the molecule is COc1ccc(-c2c3c(c(-c4ccc(OC)s4)p2-c2ccccc2)CCCC3)s1. The quantitative estimate of drug-likeness (QED) is 0.314. The summed E-state index contributed by atoms with van der Waals surface area (Å²) in [5, 5.41) is 6.51. The van der Waals surface area contributed by atoms with Gasteiger partial charge >= 0.3 is 0 Å². The van der Waals surface area contributed by atoms with Crippen molar-refractivity contribution < 1.29 is 9.47 Å². The molecule has 4 aromatic rings. The number of hydrogen-bond donors (Lipinski definition) is 0. The molecule has 0 unspecified atom stereocenters. The molecule has 3 heterocycles. The molecule has 1 aromatic carbocycles. The molecule has 29 heavy (non-hydrogen) atoms. The van der Waals surface area contributed by atoms with Gasteiger partial charge in [0, 0.05) is 20.3 Å². The van der Waals surface area contributed by atoms with Crippen LogP contribution in [0.2, 0.25) is 0 Å². The van der Waals surface area contributed by atoms with E-state index in [1.807, 2.05) is 0 Å². The molecule has 0 radical (unpaired) electrons. The molecule has 0 saturated carbocycles. The number of benzene rings is 1. The molecule has 0 N–H and O–H groups in total. The Morgan fingerprint density at radius 3 is 1.66 bits per heavy atom. The molecule has 0 atom stereocenters. The number of fused-ring (bicyclic) bond motifs is 1. The summed E-state index contributed by atoms with van der Waals surface area (Å²) in [7, 11) is 2.94. The molecule has 0 fully saturated rings. The second kappa shape index (κ2) is 8.02. The van der Waals surface area contributed by atoms with Crippen LogP contribution in [0.25, 0.3) is 25.6 Å². The predicted octanol–water partition coefficient (Wildman–Crippen LogP) is 8.02. The van der Waals surface area contributed by atoms with Gasteiger partial charge in [0.15, 0.2) is 10.1 Å². The van der Waals surface area contributed by atoms with Gasteiger partial charge in [-0.15, -0.1) is 0 Å². The van der Waals surface area contributed by atoms with Crippen LogP contribution in [0.15, 0.2) is 54.6 Å². The van der Waals surface area contributed by atoms with Gasteiger partial charge in [-0.25, -0.2) is 0 Å². The maximum atomic E-state index is 5.54. The van der Waals surface area contributed by atoms with Crippen LogP contribution in [-0.4, -0.2) is 14.2 Å². The van der Waals surface area contributed by atoms with E-state index in [0.717, 1.165) is 10.1 Å². The summed E-state index contributed by atoms with van der Waals surface area (Å²) in [6.45, 7) is 0. The van der Waals surface area contributed by atoms with Crippen molar-refractivity contribution in [3.05, 3.63) is 65.7 Å². The Bertz CT molecular complexity index is 1070. The molecule has 5 rings (SSSR count). The Labute approximate surface area is 180 Å². The predicted molar refractivity (Wildman–Crippen MR) is 127 cm³/mol. The lowest BCUT2D eigenvalue weighted by Crippen LogP contribution is -2.00. The first-order valence-electron chi connectivity index (χ1n) is 9.90. The Balaban J connectivity index is 1.84. The van der Waals surface area contributed by atoms with Crippen molar-refractivity contribution in [2.45, 2.75) is 25.7 Å². The first-order valence-corrected chi connectivity index (χ1v) is 12.9. The minimum Gasteiger partial charge on any atom is -0.487 e. The Morgan fingerprint density at radius 2 is 1.21 bits per heavy atom. The van der Waals surface area contributed by atoms with E-state index in [9.17, 15) is 0 Å². The zero-order valence-corrected chi connectivity index (χ0v) is 19.1. The second-order valence-corrected chi connectivity index (χ2v) is 11.4. The number of thiophene rings is 2. The highest BCUT2D eigenvalue weighted by Gasteiger charge is 2.29. The van der Waals surface area contributed by atoms with E-state index in [-0.39, 0.29) is 0 Å². The Morgan fingerprint density at radius 1 is 0.690 bits per heavy atom. The van der Waals surface area contributed by atoms with Gasteiger partial charge in [0.2, 0.25) is 0 Å². The molecule has 0 saturated heterocycles. The Kier molecular flexibility index (Phi) is 5.26. The van der Waals surface area contributed by atoms with E-state index in [0.29, 0.717) is 0 Å². The highest BCUT2D eigenvalue weighted by atomic mass is 32.1. The molecule has 148 valence electrons. The zero-order chi connectivity index (χ0) is 19.8. The highest BCUT2D eigenvalue weighted by molar-refractivity contribution is 7.64. The van der Waals surface area contributed by atoms with E-state index < -0.39 is 7.53 Å². The third-order valence-corrected chi connectivity index (χ3v) is 10.7. The van der Waals surface area contributed by atoms with Crippen molar-refractivity contribution in [1.82, 2.24) is 0 Å². The van der Waals surface area contributed by atoms with Crippen molar-refractivity contribution in [1.29, 1.82) is 0 Å². The molecule has 0 bridgehead atoms. The summed E-state index contributed by atoms with van der Waals surface area (Å²) in [5.74, 6) is 0. The molecule has 5 heteroatoms. The van der Waals surface area contributed by atoms with Gasteiger partial charge in [0.05, 0.1) is 14.2 Å². The minimum atomic E-state index is -0.584. The maximum absolute atomic E-state index is 5.54. The van der Waals surface area contributed by atoms with Gasteiger partial charge in [-0.1, -0.05) is 60.5 Å². The first-order chi connectivity index (χ1) is 14.3. The van der Waals surface area contributed by atoms with Crippen LogP contribution in [0, 0.1) is 0 Å². The topological polar surface area (TPSA) is 18.5 Å². The maximum Gasteiger partial charge on any atom is 0.173 e. The average molecular weight is 439 g/mol. The molecule has 0 spiro atoms. The van der Waals surface area contributed by atoms with Gasteiger partial charge in [-0.3, -0.25) is 0 Å². The molecule has 0 aliphatic heterocycles. The summed E-state index contributed by atoms with van der Waals surface area (Å²) in [6, 6.07) is 19.8. The van der Waals surface area contributed by atoms with Gasteiger partial charge < -0.3 is 9.47 Å². The van der Waals surface area contributed by atoms with Gasteiger partial charge in [-0.05, 0) is 66.4 Å². The average Bonchev–Trinajstić information content (AvgIpc) is 3.50. The van der Waals surface area contributed by atoms with E-state index in [1.54, 1.807) is 58.6 Å². The number of ether oxygens (including phenoxy) is 2. The van der Waals surface area contributed by atoms with Crippen LogP contribution in [0.4, 0.5) is 0 Å². The van der Waals surface area contributed by atoms with E-state index >= 15 is 0 Å². The summed E-state index contributed by atoms with van der Waals surface area (Å²) < 4.78 is 11.1. The third-order valence-electron chi connectivity index (χ3n) is 5.53. The number of rotatable bonds is 5. The van der Waals surface area contributed by atoms with Gasteiger partial charge in [0.1, 0.15) is 0 Å². The van der Waals surface area contributed by atoms with Crippen molar-refractivity contribution in [2.24, 2.45) is 0 Å². The monoisotopic (exact) mass is 438 g/mol. The van der Waals surface area contributed by atoms with Crippen molar-refractivity contribution >= 4 is 30.2 Å². The van der Waals surface area contributed by atoms with Gasteiger partial charge in [-0.2, -0.15) is 0 Å². The summed E-state index contributed by atoms with van der Waals surface area (Å²) in [6.07, 6.45) is 4.93. The smallest absolute Gasteiger partial charge is 0.173 e. The van der Waals surface area contributed by atoms with Crippen LogP contribution >= 0.6 is 30.2 Å². The van der Waals surface area contributed by atoms with Crippen molar-refractivity contribution in [3.8, 4) is 35.8 Å². The van der Waals surface area contributed by atoms with Crippen LogP contribution in [0.3, 0.4) is 0 Å². The lowest BCUT2D eigenvalue weighted by molar-refractivity contribution is 0.427. The normalized spacial score (nSPS) is 13.3. The molecule has 2 nitrogen and oxygen atoms in total. The second-order valence-electron chi connectivity index (χ2n) is 7.18. The van der Waals surface area contributed by atoms with Crippen LogP contribution in [-0.2, 0) is 12.8 Å². The molecular weight excluding hydrogens is 415 g/mol. The molecule has 3 aromatic heterocycles. The summed E-state index contributed by atoms with van der Waals surface area (Å²) in [4.78, 5) is 2.73. The fourth-order valence-electron chi connectivity index (χ4n) is 4.28. The molecular formula is C24H23O2PS2. The third kappa shape index (κ3) is 3.34. The van der Waals surface area contributed by atoms with Crippen LogP contribution in [0.1, 0.15) is 24.0 Å². The van der Waals surface area contributed by atoms with Crippen molar-refractivity contribution in [2.75, 3.05) is 14.2 Å². The zero-order valence-electron chi connectivity index (χ0n) is 16.6. The molecule has 1 aliphatic rings. The number of methoxy groups -OCH3 is 2. The molecule has 1 aliphatic carbocycles. The fraction of sp³-hybridized carbons (Fsp3) is 0.250.